The van der Waals surface area contributed by atoms with Crippen molar-refractivity contribution in [2.45, 2.75) is 13.5 Å². The van der Waals surface area contributed by atoms with Crippen molar-refractivity contribution in [3.05, 3.63) is 80.0 Å². The van der Waals surface area contributed by atoms with Crippen LogP contribution in [0, 0.1) is 27.2 Å². The van der Waals surface area contributed by atoms with Crippen LogP contribution in [0.25, 0.3) is 0 Å². The molecule has 3 aromatic rings. The van der Waals surface area contributed by atoms with E-state index in [2.05, 4.69) is 10.4 Å². The number of hydrogen-bond donors (Lipinski definition) is 1. The second kappa shape index (κ2) is 7.07. The number of nitro benzene ring substituents is 2. The second-order valence-electron chi connectivity index (χ2n) is 5.58. The molecule has 0 unspecified atom stereocenters. The summed E-state index contributed by atoms with van der Waals surface area (Å²) in [5.74, 6) is -0.248. The number of amides is 1. The van der Waals surface area contributed by atoms with Gasteiger partial charge in [0.15, 0.2) is 5.76 Å². The molecule has 11 heteroatoms. The molecule has 0 aliphatic carbocycles. The third-order valence-corrected chi connectivity index (χ3v) is 3.77. The smallest absolute Gasteiger partial charge is 0.291 e. The summed E-state index contributed by atoms with van der Waals surface area (Å²) in [5.41, 5.74) is -1.09. The highest BCUT2D eigenvalue weighted by atomic mass is 16.6. The van der Waals surface area contributed by atoms with Crippen molar-refractivity contribution in [3.8, 4) is 0 Å². The van der Waals surface area contributed by atoms with E-state index in [0.29, 0.717) is 12.3 Å². The lowest BCUT2D eigenvalue weighted by atomic mass is 10.1. The van der Waals surface area contributed by atoms with Gasteiger partial charge in [-0.2, -0.15) is 5.10 Å². The number of anilines is 1. The Kier molecular flexibility index (Phi) is 4.66. The van der Waals surface area contributed by atoms with E-state index in [1.807, 2.05) is 0 Å². The van der Waals surface area contributed by atoms with Crippen LogP contribution in [-0.2, 0) is 6.54 Å². The van der Waals surface area contributed by atoms with E-state index < -0.39 is 27.1 Å². The van der Waals surface area contributed by atoms with Crippen LogP contribution in [0.2, 0.25) is 0 Å². The number of nitro groups is 2. The van der Waals surface area contributed by atoms with E-state index in [1.165, 1.54) is 13.0 Å². The Hall–Kier alpha value is -4.02. The minimum atomic E-state index is -0.743. The Morgan fingerprint density at radius 1 is 1.22 bits per heavy atom. The Morgan fingerprint density at radius 3 is 2.44 bits per heavy atom. The van der Waals surface area contributed by atoms with Gasteiger partial charge in [0.25, 0.3) is 17.3 Å². The monoisotopic (exact) mass is 371 g/mol. The lowest BCUT2D eigenvalue weighted by molar-refractivity contribution is -0.395. The third-order valence-electron chi connectivity index (χ3n) is 3.77. The number of rotatable bonds is 6. The highest BCUT2D eigenvalue weighted by molar-refractivity contribution is 6.02. The number of hydrogen-bond acceptors (Lipinski definition) is 7. The fraction of sp³-hybridized carbons (Fsp3) is 0.125. The lowest BCUT2D eigenvalue weighted by Crippen LogP contribution is -2.12. The molecule has 0 aliphatic rings. The number of carbonyl (C=O) groups is 1. The molecular formula is C16H13N5O6. The Bertz CT molecular complexity index is 989. The molecule has 2 aromatic heterocycles. The summed E-state index contributed by atoms with van der Waals surface area (Å²) in [6.45, 7) is 1.59. The van der Waals surface area contributed by atoms with E-state index in [-0.39, 0.29) is 17.0 Å². The highest BCUT2D eigenvalue weighted by Gasteiger charge is 2.24. The lowest BCUT2D eigenvalue weighted by Gasteiger charge is -2.06. The van der Waals surface area contributed by atoms with Crippen molar-refractivity contribution in [2.75, 3.05) is 5.32 Å². The van der Waals surface area contributed by atoms with Crippen molar-refractivity contribution in [1.82, 2.24) is 9.78 Å². The first-order chi connectivity index (χ1) is 12.8. The first-order valence-corrected chi connectivity index (χ1v) is 7.66. The normalized spacial score (nSPS) is 10.6. The van der Waals surface area contributed by atoms with E-state index in [9.17, 15) is 25.0 Å². The van der Waals surface area contributed by atoms with Gasteiger partial charge >= 0.3 is 0 Å². The number of furan rings is 1. The van der Waals surface area contributed by atoms with Crippen molar-refractivity contribution in [2.24, 2.45) is 0 Å². The zero-order valence-corrected chi connectivity index (χ0v) is 14.0. The van der Waals surface area contributed by atoms with Gasteiger partial charge < -0.3 is 9.73 Å². The molecule has 2 heterocycles. The SMILES string of the molecule is Cc1c([N+](=O)[O-])cc(NC(=O)c2ccc(Cn3cccn3)o2)cc1[N+](=O)[O-]. The van der Waals surface area contributed by atoms with E-state index in [1.54, 1.807) is 29.2 Å². The summed E-state index contributed by atoms with van der Waals surface area (Å²) in [5, 5.41) is 28.6. The summed E-state index contributed by atoms with van der Waals surface area (Å²) in [4.78, 5) is 33.0. The van der Waals surface area contributed by atoms with Gasteiger partial charge in [0.05, 0.1) is 22.1 Å². The molecule has 1 aromatic carbocycles. The molecule has 0 saturated carbocycles. The molecule has 11 nitrogen and oxygen atoms in total. The summed E-state index contributed by atoms with van der Waals surface area (Å²) in [6.07, 6.45) is 3.33. The zero-order chi connectivity index (χ0) is 19.6. The van der Waals surface area contributed by atoms with Gasteiger partial charge in [-0.25, -0.2) is 0 Å². The predicted molar refractivity (Wildman–Crippen MR) is 92.5 cm³/mol. The molecule has 0 fully saturated rings. The minimum absolute atomic E-state index is 0.0389. The van der Waals surface area contributed by atoms with E-state index in [0.717, 1.165) is 12.1 Å². The van der Waals surface area contributed by atoms with Gasteiger partial charge in [-0.1, -0.05) is 0 Å². The quantitative estimate of drug-likeness (QED) is 0.517. The number of benzene rings is 1. The molecular weight excluding hydrogens is 358 g/mol. The standard InChI is InChI=1S/C16H13N5O6/c1-10-13(20(23)24)7-11(8-14(10)21(25)26)18-16(22)15-4-3-12(27-15)9-19-6-2-5-17-19/h2-8H,9H2,1H3,(H,18,22). The van der Waals surface area contributed by atoms with Gasteiger partial charge in [0.1, 0.15) is 11.3 Å². The molecule has 0 spiro atoms. The largest absolute Gasteiger partial charge is 0.454 e. The van der Waals surface area contributed by atoms with Gasteiger partial charge in [0, 0.05) is 24.5 Å². The van der Waals surface area contributed by atoms with Gasteiger partial charge in [0.2, 0.25) is 0 Å². The molecule has 0 saturated heterocycles. The average Bonchev–Trinajstić information content (AvgIpc) is 3.28. The van der Waals surface area contributed by atoms with Crippen molar-refractivity contribution in [3.63, 3.8) is 0 Å². The van der Waals surface area contributed by atoms with Gasteiger partial charge in [-0.05, 0) is 25.1 Å². The van der Waals surface area contributed by atoms with E-state index >= 15 is 0 Å². The maximum atomic E-state index is 12.3. The average molecular weight is 371 g/mol. The maximum Gasteiger partial charge on any atom is 0.291 e. The number of carbonyl (C=O) groups excluding carboxylic acids is 1. The Labute approximate surface area is 151 Å². The fourth-order valence-electron chi connectivity index (χ4n) is 2.47. The summed E-state index contributed by atoms with van der Waals surface area (Å²) < 4.78 is 7.03. The molecule has 0 aliphatic heterocycles. The van der Waals surface area contributed by atoms with Crippen molar-refractivity contribution >= 4 is 23.0 Å². The number of nitrogens with one attached hydrogen (secondary N) is 1. The van der Waals surface area contributed by atoms with Crippen LogP contribution < -0.4 is 5.32 Å². The molecule has 1 N–H and O–H groups in total. The summed E-state index contributed by atoms with van der Waals surface area (Å²) in [7, 11) is 0. The van der Waals surface area contributed by atoms with Crippen LogP contribution in [0.4, 0.5) is 17.1 Å². The van der Waals surface area contributed by atoms with Crippen molar-refractivity contribution < 1.29 is 19.1 Å². The molecule has 1 amide bonds. The van der Waals surface area contributed by atoms with Gasteiger partial charge in [-0.15, -0.1) is 0 Å². The zero-order valence-electron chi connectivity index (χ0n) is 14.0. The Morgan fingerprint density at radius 2 is 1.89 bits per heavy atom. The molecule has 0 bridgehead atoms. The third kappa shape index (κ3) is 3.81. The predicted octanol–water partition coefficient (Wildman–Crippen LogP) is 2.90. The Balaban J connectivity index is 1.82. The summed E-state index contributed by atoms with van der Waals surface area (Å²) in [6, 6.07) is 6.90. The molecule has 0 atom stereocenters. The fourth-order valence-corrected chi connectivity index (χ4v) is 2.47. The van der Waals surface area contributed by atoms with Crippen LogP contribution >= 0.6 is 0 Å². The first-order valence-electron chi connectivity index (χ1n) is 7.66. The topological polar surface area (TPSA) is 146 Å². The summed E-state index contributed by atoms with van der Waals surface area (Å²) >= 11 is 0. The minimum Gasteiger partial charge on any atom is -0.454 e. The molecule has 138 valence electrons. The number of aromatic nitrogens is 2. The van der Waals surface area contributed by atoms with Crippen molar-refractivity contribution in [1.29, 1.82) is 0 Å². The van der Waals surface area contributed by atoms with Crippen LogP contribution in [0.3, 0.4) is 0 Å². The first kappa shape index (κ1) is 17.8. The molecule has 3 rings (SSSR count). The van der Waals surface area contributed by atoms with Crippen LogP contribution in [0.1, 0.15) is 21.9 Å². The van der Waals surface area contributed by atoms with Gasteiger partial charge in [-0.3, -0.25) is 29.7 Å². The number of nitrogens with zero attached hydrogens (tertiary/aromatic N) is 4. The molecule has 27 heavy (non-hydrogen) atoms. The highest BCUT2D eigenvalue weighted by Crippen LogP contribution is 2.32. The van der Waals surface area contributed by atoms with E-state index in [4.69, 9.17) is 4.42 Å². The maximum absolute atomic E-state index is 12.3. The van der Waals surface area contributed by atoms with Crippen LogP contribution in [-0.4, -0.2) is 25.5 Å². The van der Waals surface area contributed by atoms with Crippen LogP contribution in [0.5, 0.6) is 0 Å². The second-order valence-corrected chi connectivity index (χ2v) is 5.58. The molecule has 0 radical (unpaired) electrons. The van der Waals surface area contributed by atoms with Crippen LogP contribution in [0.15, 0.2) is 47.1 Å².